The van der Waals surface area contributed by atoms with Crippen molar-refractivity contribution in [2.45, 2.75) is 58.1 Å². The van der Waals surface area contributed by atoms with Gasteiger partial charge in [0.05, 0.1) is 23.2 Å². The van der Waals surface area contributed by atoms with E-state index >= 15 is 0 Å². The van der Waals surface area contributed by atoms with E-state index in [1.54, 1.807) is 21.9 Å². The van der Waals surface area contributed by atoms with Gasteiger partial charge in [0.2, 0.25) is 0 Å². The molecule has 1 aromatic heterocycles. The van der Waals surface area contributed by atoms with E-state index in [1.165, 1.54) is 0 Å². The van der Waals surface area contributed by atoms with E-state index in [2.05, 4.69) is 0 Å². The van der Waals surface area contributed by atoms with Gasteiger partial charge in [0.25, 0.3) is 5.91 Å². The Morgan fingerprint density at radius 2 is 1.97 bits per heavy atom. The molecule has 2 heterocycles. The third kappa shape index (κ3) is 4.55. The highest BCUT2D eigenvalue weighted by molar-refractivity contribution is 6.36. The second-order valence-corrected chi connectivity index (χ2v) is 9.93. The topological polar surface area (TPSA) is 83.0 Å². The molecular weight excluding hydrogens is 430 g/mol. The number of pyridine rings is 1. The van der Waals surface area contributed by atoms with Gasteiger partial charge in [-0.1, -0.05) is 17.7 Å². The molecule has 1 unspecified atom stereocenters. The Bertz CT molecular complexity index is 1050. The lowest BCUT2D eigenvalue weighted by molar-refractivity contribution is -0.00242. The minimum atomic E-state index is -0.600. The molecule has 0 bridgehead atoms. The molecular formula is C24H30ClN3O4. The number of fused-ring (bicyclic) bond motifs is 2. The first kappa shape index (κ1) is 22.8. The van der Waals surface area contributed by atoms with Crippen LogP contribution in [0.4, 0.5) is 4.79 Å². The zero-order valence-corrected chi connectivity index (χ0v) is 19.6. The molecule has 1 aromatic carbocycles. The van der Waals surface area contributed by atoms with Crippen molar-refractivity contribution < 1.29 is 19.4 Å². The number of aryl methyl sites for hydroxylation is 1. The van der Waals surface area contributed by atoms with Crippen LogP contribution in [0, 0.1) is 0 Å². The summed E-state index contributed by atoms with van der Waals surface area (Å²) < 4.78 is 5.44. The minimum Gasteiger partial charge on any atom is -0.444 e. The van der Waals surface area contributed by atoms with Crippen molar-refractivity contribution in [1.82, 2.24) is 14.8 Å². The molecule has 2 aliphatic rings. The van der Waals surface area contributed by atoms with Crippen molar-refractivity contribution in [3.05, 3.63) is 40.0 Å². The van der Waals surface area contributed by atoms with Gasteiger partial charge in [0, 0.05) is 36.3 Å². The highest BCUT2D eigenvalue weighted by Crippen LogP contribution is 2.33. The Morgan fingerprint density at radius 3 is 2.69 bits per heavy atom. The summed E-state index contributed by atoms with van der Waals surface area (Å²) in [6.07, 6.45) is 3.63. The first-order valence-electron chi connectivity index (χ1n) is 11.2. The van der Waals surface area contributed by atoms with Gasteiger partial charge in [0.1, 0.15) is 5.60 Å². The van der Waals surface area contributed by atoms with Gasteiger partial charge in [-0.05, 0) is 64.2 Å². The van der Waals surface area contributed by atoms with Crippen LogP contribution in [0.1, 0.15) is 55.2 Å². The zero-order valence-electron chi connectivity index (χ0n) is 18.9. The summed E-state index contributed by atoms with van der Waals surface area (Å²) >= 11 is 6.66. The second kappa shape index (κ2) is 8.87. The predicted molar refractivity (Wildman–Crippen MR) is 123 cm³/mol. The van der Waals surface area contributed by atoms with Crippen molar-refractivity contribution in [1.29, 1.82) is 0 Å². The first-order valence-corrected chi connectivity index (χ1v) is 11.6. The summed E-state index contributed by atoms with van der Waals surface area (Å²) in [6, 6.07) is 4.91. The second-order valence-electron chi connectivity index (χ2n) is 9.55. The van der Waals surface area contributed by atoms with E-state index < -0.39 is 17.7 Å². The lowest BCUT2D eigenvalue weighted by Gasteiger charge is -2.41. The van der Waals surface area contributed by atoms with Crippen LogP contribution in [0.25, 0.3) is 10.9 Å². The fraction of sp³-hybridized carbons (Fsp3) is 0.542. The van der Waals surface area contributed by atoms with Crippen LogP contribution >= 0.6 is 11.6 Å². The van der Waals surface area contributed by atoms with Crippen LogP contribution in [-0.4, -0.2) is 69.8 Å². The van der Waals surface area contributed by atoms with Crippen LogP contribution in [-0.2, 0) is 17.6 Å². The molecule has 8 heteroatoms. The molecule has 0 spiro atoms. The monoisotopic (exact) mass is 459 g/mol. The van der Waals surface area contributed by atoms with Crippen molar-refractivity contribution in [2.24, 2.45) is 0 Å². The molecule has 1 aliphatic heterocycles. The smallest absolute Gasteiger partial charge is 0.410 e. The molecule has 1 atom stereocenters. The summed E-state index contributed by atoms with van der Waals surface area (Å²) in [5, 5.41) is 11.5. The van der Waals surface area contributed by atoms with Gasteiger partial charge in [0.15, 0.2) is 0 Å². The third-order valence-electron chi connectivity index (χ3n) is 6.05. The number of amides is 2. The Kier molecular flexibility index (Phi) is 6.32. The van der Waals surface area contributed by atoms with Gasteiger partial charge >= 0.3 is 6.09 Å². The largest absolute Gasteiger partial charge is 0.444 e. The normalized spacial score (nSPS) is 19.1. The van der Waals surface area contributed by atoms with Crippen LogP contribution < -0.4 is 0 Å². The molecule has 1 N–H and O–H groups in total. The molecule has 2 aromatic rings. The molecule has 2 amide bonds. The van der Waals surface area contributed by atoms with Crippen molar-refractivity contribution in [2.75, 3.05) is 26.2 Å². The summed E-state index contributed by atoms with van der Waals surface area (Å²) in [5.74, 6) is -0.189. The number of benzene rings is 1. The highest BCUT2D eigenvalue weighted by Gasteiger charge is 2.34. The summed E-state index contributed by atoms with van der Waals surface area (Å²) in [5.41, 5.74) is 2.77. The maximum absolute atomic E-state index is 13.3. The van der Waals surface area contributed by atoms with Crippen LogP contribution in [0.5, 0.6) is 0 Å². The number of carbonyl (C=O) groups excluding carboxylic acids is 2. The standard InChI is InChI=1S/C24H30ClN3O4/c1-24(2,3)32-23(31)27-10-11-28(16(13-27)14-29)22(30)15-8-9-18-20(12-15)26-19-7-5-4-6-17(19)21(18)25/h8-9,12,16,29H,4-7,10-11,13-14H2,1-3H3. The zero-order chi connectivity index (χ0) is 23.0. The number of carbonyl (C=O) groups is 2. The summed E-state index contributed by atoms with van der Waals surface area (Å²) in [7, 11) is 0. The van der Waals surface area contributed by atoms with Crippen LogP contribution in [0.3, 0.4) is 0 Å². The van der Waals surface area contributed by atoms with Gasteiger partial charge in [-0.25, -0.2) is 4.79 Å². The number of hydrogen-bond donors (Lipinski definition) is 1. The Balaban J connectivity index is 1.55. The molecule has 172 valence electrons. The number of nitrogens with zero attached hydrogens (tertiary/aromatic N) is 3. The lowest BCUT2D eigenvalue weighted by Crippen LogP contribution is -2.58. The number of halogens is 1. The Labute approximate surface area is 193 Å². The molecule has 32 heavy (non-hydrogen) atoms. The fourth-order valence-corrected chi connectivity index (χ4v) is 4.80. The number of aliphatic hydroxyl groups excluding tert-OH is 1. The van der Waals surface area contributed by atoms with Gasteiger partial charge < -0.3 is 19.6 Å². The number of aromatic nitrogens is 1. The maximum Gasteiger partial charge on any atom is 0.410 e. The first-order chi connectivity index (χ1) is 15.2. The fourth-order valence-electron chi connectivity index (χ4n) is 4.44. The lowest BCUT2D eigenvalue weighted by atomic mass is 9.94. The molecule has 4 rings (SSSR count). The van der Waals surface area contributed by atoms with Gasteiger partial charge in [-0.15, -0.1) is 0 Å². The van der Waals surface area contributed by atoms with E-state index in [0.29, 0.717) is 18.7 Å². The van der Waals surface area contributed by atoms with Crippen molar-refractivity contribution in [3.63, 3.8) is 0 Å². The minimum absolute atomic E-state index is 0.189. The van der Waals surface area contributed by atoms with E-state index in [0.717, 1.165) is 52.9 Å². The number of piperazine rings is 1. The number of ether oxygens (including phenoxy) is 1. The number of aliphatic hydroxyl groups is 1. The molecule has 1 saturated heterocycles. The molecule has 0 saturated carbocycles. The SMILES string of the molecule is CC(C)(C)OC(=O)N1CCN(C(=O)c2ccc3c(Cl)c4c(nc3c2)CCCC4)C(CO)C1. The predicted octanol–water partition coefficient (Wildman–Crippen LogP) is 3.82. The third-order valence-corrected chi connectivity index (χ3v) is 6.48. The van der Waals surface area contributed by atoms with E-state index in [4.69, 9.17) is 21.3 Å². The molecule has 1 fully saturated rings. The van der Waals surface area contributed by atoms with E-state index in [-0.39, 0.29) is 19.1 Å². The van der Waals surface area contributed by atoms with E-state index in [1.807, 2.05) is 26.8 Å². The average molecular weight is 460 g/mol. The molecule has 7 nitrogen and oxygen atoms in total. The van der Waals surface area contributed by atoms with Crippen LogP contribution in [0.2, 0.25) is 5.02 Å². The number of rotatable bonds is 2. The van der Waals surface area contributed by atoms with Crippen LogP contribution in [0.15, 0.2) is 18.2 Å². The molecule has 0 radical (unpaired) electrons. The average Bonchev–Trinajstić information content (AvgIpc) is 2.77. The summed E-state index contributed by atoms with van der Waals surface area (Å²) in [4.78, 5) is 33.7. The Hall–Kier alpha value is -2.38. The Morgan fingerprint density at radius 1 is 1.22 bits per heavy atom. The van der Waals surface area contributed by atoms with Crippen molar-refractivity contribution >= 4 is 34.5 Å². The van der Waals surface area contributed by atoms with Gasteiger partial charge in [-0.2, -0.15) is 0 Å². The van der Waals surface area contributed by atoms with Crippen molar-refractivity contribution in [3.8, 4) is 0 Å². The van der Waals surface area contributed by atoms with E-state index in [9.17, 15) is 14.7 Å². The maximum atomic E-state index is 13.3. The molecule has 1 aliphatic carbocycles. The van der Waals surface area contributed by atoms with Gasteiger partial charge in [-0.3, -0.25) is 9.78 Å². The highest BCUT2D eigenvalue weighted by atomic mass is 35.5. The number of hydrogen-bond acceptors (Lipinski definition) is 5. The quantitative estimate of drug-likeness (QED) is 0.738. The summed E-state index contributed by atoms with van der Waals surface area (Å²) in [6.45, 7) is 6.09.